The van der Waals surface area contributed by atoms with Crippen LogP contribution in [-0.4, -0.2) is 38.7 Å². The molecule has 0 aliphatic heterocycles. The average molecular weight is 272 g/mol. The summed E-state index contributed by atoms with van der Waals surface area (Å²) in [6.45, 7) is 3.28. The second-order valence-corrected chi connectivity index (χ2v) is 4.95. The molecule has 1 aliphatic carbocycles. The summed E-state index contributed by atoms with van der Waals surface area (Å²) in [5.41, 5.74) is -0.615. The maximum atomic E-state index is 9.97. The lowest BCUT2D eigenvalue weighted by Crippen LogP contribution is -2.43. The van der Waals surface area contributed by atoms with Gasteiger partial charge in [0.25, 0.3) is 0 Å². The topological polar surface area (TPSA) is 83.0 Å². The SMILES string of the molecule is CCCNc1nc(Cl)nc(NCC2(O)CCC2)n1. The van der Waals surface area contributed by atoms with Gasteiger partial charge in [-0.25, -0.2) is 0 Å². The van der Waals surface area contributed by atoms with Crippen molar-refractivity contribution in [3.8, 4) is 0 Å². The highest BCUT2D eigenvalue weighted by Crippen LogP contribution is 2.31. The lowest BCUT2D eigenvalue weighted by Gasteiger charge is -2.36. The number of hydrogen-bond donors (Lipinski definition) is 3. The minimum absolute atomic E-state index is 0.145. The quantitative estimate of drug-likeness (QED) is 0.730. The van der Waals surface area contributed by atoms with Crippen molar-refractivity contribution in [3.05, 3.63) is 5.28 Å². The molecule has 0 amide bonds. The fraction of sp³-hybridized carbons (Fsp3) is 0.727. The van der Waals surface area contributed by atoms with Crippen LogP contribution in [0.4, 0.5) is 11.9 Å². The summed E-state index contributed by atoms with van der Waals surface area (Å²) in [6.07, 6.45) is 3.69. The Morgan fingerprint density at radius 3 is 2.44 bits per heavy atom. The molecule has 1 aliphatic rings. The molecule has 1 saturated carbocycles. The number of nitrogens with one attached hydrogen (secondary N) is 2. The number of rotatable bonds is 6. The van der Waals surface area contributed by atoms with Gasteiger partial charge in [0.15, 0.2) is 0 Å². The normalized spacial score (nSPS) is 17.1. The molecule has 18 heavy (non-hydrogen) atoms. The van der Waals surface area contributed by atoms with Gasteiger partial charge in [-0.1, -0.05) is 6.92 Å². The molecule has 0 unspecified atom stereocenters. The minimum atomic E-state index is -0.615. The van der Waals surface area contributed by atoms with Crippen LogP contribution in [0, 0.1) is 0 Å². The number of anilines is 2. The molecule has 2 rings (SSSR count). The molecular formula is C11H18ClN5O. The Morgan fingerprint density at radius 2 is 1.89 bits per heavy atom. The van der Waals surface area contributed by atoms with Crippen LogP contribution < -0.4 is 10.6 Å². The van der Waals surface area contributed by atoms with Crippen LogP contribution in [0.2, 0.25) is 5.28 Å². The standard InChI is InChI=1S/C11H18ClN5O/c1-2-6-13-9-15-8(12)16-10(17-9)14-7-11(18)4-3-5-11/h18H,2-7H2,1H3,(H2,13,14,15,16,17). The van der Waals surface area contributed by atoms with Crippen molar-refractivity contribution in [3.63, 3.8) is 0 Å². The van der Waals surface area contributed by atoms with Crippen LogP contribution in [0.5, 0.6) is 0 Å². The molecule has 0 radical (unpaired) electrons. The highest BCUT2D eigenvalue weighted by atomic mass is 35.5. The molecule has 1 heterocycles. The summed E-state index contributed by atoms with van der Waals surface area (Å²) in [7, 11) is 0. The average Bonchev–Trinajstić information content (AvgIpc) is 2.31. The zero-order valence-corrected chi connectivity index (χ0v) is 11.2. The second-order valence-electron chi connectivity index (χ2n) is 4.61. The minimum Gasteiger partial charge on any atom is -0.388 e. The van der Waals surface area contributed by atoms with Gasteiger partial charge in [0.2, 0.25) is 17.2 Å². The molecule has 0 saturated heterocycles. The summed E-state index contributed by atoms with van der Waals surface area (Å²) in [5, 5.41) is 16.2. The van der Waals surface area contributed by atoms with Gasteiger partial charge >= 0.3 is 0 Å². The summed E-state index contributed by atoms with van der Waals surface area (Å²) in [5.74, 6) is 0.855. The highest BCUT2D eigenvalue weighted by molar-refractivity contribution is 6.28. The first-order valence-electron chi connectivity index (χ1n) is 6.23. The predicted molar refractivity (Wildman–Crippen MR) is 70.9 cm³/mol. The van der Waals surface area contributed by atoms with E-state index in [2.05, 4.69) is 32.5 Å². The van der Waals surface area contributed by atoms with E-state index >= 15 is 0 Å². The predicted octanol–water partition coefficient (Wildman–Crippen LogP) is 1.67. The third-order valence-electron chi connectivity index (χ3n) is 3.00. The van der Waals surface area contributed by atoms with E-state index in [1.807, 2.05) is 0 Å². The van der Waals surface area contributed by atoms with E-state index in [-0.39, 0.29) is 5.28 Å². The highest BCUT2D eigenvalue weighted by Gasteiger charge is 2.34. The molecule has 1 fully saturated rings. The number of aliphatic hydroxyl groups is 1. The molecule has 0 atom stereocenters. The number of nitrogens with zero attached hydrogens (tertiary/aromatic N) is 3. The van der Waals surface area contributed by atoms with Crippen LogP contribution in [0.3, 0.4) is 0 Å². The third-order valence-corrected chi connectivity index (χ3v) is 3.17. The third kappa shape index (κ3) is 3.43. The first kappa shape index (κ1) is 13.3. The summed E-state index contributed by atoms with van der Waals surface area (Å²) >= 11 is 5.82. The van der Waals surface area contributed by atoms with Gasteiger partial charge in [-0.15, -0.1) is 0 Å². The Balaban J connectivity index is 1.96. The van der Waals surface area contributed by atoms with Crippen LogP contribution in [0.25, 0.3) is 0 Å². The van der Waals surface area contributed by atoms with E-state index in [0.717, 1.165) is 32.2 Å². The van der Waals surface area contributed by atoms with Crippen molar-refractivity contribution in [2.24, 2.45) is 0 Å². The molecule has 0 spiro atoms. The smallest absolute Gasteiger partial charge is 0.228 e. The van der Waals surface area contributed by atoms with E-state index in [1.165, 1.54) is 0 Å². The lowest BCUT2D eigenvalue weighted by atomic mass is 9.80. The zero-order valence-electron chi connectivity index (χ0n) is 10.4. The van der Waals surface area contributed by atoms with Crippen molar-refractivity contribution < 1.29 is 5.11 Å². The first-order valence-corrected chi connectivity index (χ1v) is 6.61. The van der Waals surface area contributed by atoms with E-state index in [1.54, 1.807) is 0 Å². The van der Waals surface area contributed by atoms with Gasteiger partial charge < -0.3 is 15.7 Å². The van der Waals surface area contributed by atoms with Gasteiger partial charge in [0.05, 0.1) is 5.60 Å². The van der Waals surface area contributed by atoms with E-state index in [0.29, 0.717) is 18.4 Å². The Labute approximate surface area is 111 Å². The molecule has 1 aromatic heterocycles. The van der Waals surface area contributed by atoms with Crippen LogP contribution in [-0.2, 0) is 0 Å². The molecule has 100 valence electrons. The molecule has 6 nitrogen and oxygen atoms in total. The summed E-state index contributed by atoms with van der Waals surface area (Å²) in [6, 6.07) is 0. The largest absolute Gasteiger partial charge is 0.388 e. The lowest BCUT2D eigenvalue weighted by molar-refractivity contribution is -0.0203. The second kappa shape index (κ2) is 5.67. The Kier molecular flexibility index (Phi) is 4.19. The first-order chi connectivity index (χ1) is 8.61. The molecule has 0 bridgehead atoms. The van der Waals surface area contributed by atoms with Crippen LogP contribution in [0.1, 0.15) is 32.6 Å². The molecule has 3 N–H and O–H groups in total. The maximum absolute atomic E-state index is 9.97. The van der Waals surface area contributed by atoms with Crippen LogP contribution in [0.15, 0.2) is 0 Å². The molecule has 0 aromatic carbocycles. The molecular weight excluding hydrogens is 254 g/mol. The molecule has 7 heteroatoms. The van der Waals surface area contributed by atoms with Gasteiger partial charge in [-0.3, -0.25) is 0 Å². The van der Waals surface area contributed by atoms with Gasteiger partial charge in [-0.2, -0.15) is 15.0 Å². The van der Waals surface area contributed by atoms with Crippen molar-refractivity contribution in [1.82, 2.24) is 15.0 Å². The monoisotopic (exact) mass is 271 g/mol. The van der Waals surface area contributed by atoms with Gasteiger partial charge in [-0.05, 0) is 37.3 Å². The van der Waals surface area contributed by atoms with Crippen molar-refractivity contribution in [2.75, 3.05) is 23.7 Å². The van der Waals surface area contributed by atoms with E-state index in [4.69, 9.17) is 11.6 Å². The van der Waals surface area contributed by atoms with Crippen molar-refractivity contribution >= 4 is 23.5 Å². The number of hydrogen-bond acceptors (Lipinski definition) is 6. The Morgan fingerprint density at radius 1 is 1.22 bits per heavy atom. The number of aromatic nitrogens is 3. The Bertz CT molecular complexity index is 410. The van der Waals surface area contributed by atoms with E-state index in [9.17, 15) is 5.11 Å². The van der Waals surface area contributed by atoms with Crippen molar-refractivity contribution in [2.45, 2.75) is 38.2 Å². The fourth-order valence-electron chi connectivity index (χ4n) is 1.75. The van der Waals surface area contributed by atoms with Crippen LogP contribution >= 0.6 is 11.6 Å². The molecule has 1 aromatic rings. The van der Waals surface area contributed by atoms with Gasteiger partial charge in [0, 0.05) is 13.1 Å². The van der Waals surface area contributed by atoms with Gasteiger partial charge in [0.1, 0.15) is 0 Å². The van der Waals surface area contributed by atoms with E-state index < -0.39 is 5.60 Å². The summed E-state index contributed by atoms with van der Waals surface area (Å²) < 4.78 is 0. The number of halogens is 1. The Hall–Kier alpha value is -1.14. The fourth-order valence-corrected chi connectivity index (χ4v) is 1.91. The maximum Gasteiger partial charge on any atom is 0.228 e. The zero-order chi connectivity index (χ0) is 13.0. The van der Waals surface area contributed by atoms with Crippen molar-refractivity contribution in [1.29, 1.82) is 0 Å². The summed E-state index contributed by atoms with van der Waals surface area (Å²) in [4.78, 5) is 12.2.